The van der Waals surface area contributed by atoms with Crippen LogP contribution in [-0.2, 0) is 57.7 Å². The lowest BCUT2D eigenvalue weighted by molar-refractivity contribution is -0.191. The first-order valence-electron chi connectivity index (χ1n) is 46.5. The SMILES string of the molecule is CCCCCCOc1cc2c(cc1N(C)c1ncc(C(=O)O)cn1)C(C)(C)CCC2(C)C.CCCCCOc1cc2c(cc1N(C)c1ncc(C(=O)O)cn1)C(C)(C)CCC2(C)C.CCCOc1cc2c(cc1C(C)C\C(C)=C/C=C/C(C)=C/C(=O)O)C(C)(C)CCC2(C)C.Cc1ccc2c(c1)N=C(c1ccccc1)c1cc3c(cc1N2C)C(C)(C)CCC3(C)C.O=C=O. The summed E-state index contributed by atoms with van der Waals surface area (Å²) < 4.78 is 18.9. The minimum atomic E-state index is -1.04. The molecule has 6 aromatic carbocycles. The van der Waals surface area contributed by atoms with Gasteiger partial charge >= 0.3 is 24.1 Å². The number of nitrogens with zero attached hydrogens (tertiary/aromatic N) is 8. The van der Waals surface area contributed by atoms with Crippen LogP contribution >= 0.6 is 0 Å². The first kappa shape index (κ1) is 102. The van der Waals surface area contributed by atoms with Crippen molar-refractivity contribution in [2.75, 3.05) is 55.7 Å². The molecule has 0 saturated carbocycles. The third-order valence-electron chi connectivity index (χ3n) is 27.3. The van der Waals surface area contributed by atoms with Crippen LogP contribution in [0.3, 0.4) is 0 Å². The van der Waals surface area contributed by atoms with Crippen molar-refractivity contribution < 1.29 is 53.5 Å². The lowest BCUT2D eigenvalue weighted by Crippen LogP contribution is -2.34. The first-order valence-corrected chi connectivity index (χ1v) is 46.5. The van der Waals surface area contributed by atoms with Gasteiger partial charge in [0.25, 0.3) is 0 Å². The summed E-state index contributed by atoms with van der Waals surface area (Å²) >= 11 is 0. The van der Waals surface area contributed by atoms with E-state index in [1.165, 1.54) is 147 Å². The van der Waals surface area contributed by atoms with Crippen molar-refractivity contribution in [2.45, 2.75) is 318 Å². The van der Waals surface area contributed by atoms with E-state index in [1.807, 2.05) is 36.0 Å². The van der Waals surface area contributed by atoms with Gasteiger partial charge in [-0.2, -0.15) is 9.59 Å². The Hall–Kier alpha value is -11.0. The van der Waals surface area contributed by atoms with E-state index < -0.39 is 17.9 Å². The minimum Gasteiger partial charge on any atom is -0.493 e. The zero-order valence-corrected chi connectivity index (χ0v) is 82.3. The number of ether oxygens (including phenoxy) is 3. The molecule has 2 aromatic heterocycles. The maximum atomic E-state index is 11.2. The molecule has 129 heavy (non-hydrogen) atoms. The van der Waals surface area contributed by atoms with Crippen LogP contribution in [0.1, 0.15) is 355 Å². The first-order chi connectivity index (χ1) is 60.6. The average Bonchev–Trinajstić information content (AvgIpc) is 1.73. The van der Waals surface area contributed by atoms with E-state index >= 15 is 0 Å². The van der Waals surface area contributed by atoms with E-state index in [4.69, 9.17) is 44.1 Å². The Kier molecular flexibility index (Phi) is 33.7. The minimum absolute atomic E-state index is 0.0636. The smallest absolute Gasteiger partial charge is 0.373 e. The van der Waals surface area contributed by atoms with Crippen molar-refractivity contribution in [2.24, 2.45) is 4.99 Å². The van der Waals surface area contributed by atoms with Crippen LogP contribution in [-0.4, -0.2) is 106 Å². The second-order valence-electron chi connectivity index (χ2n) is 41.4. The number of carbonyl (C=O) groups is 3. The monoisotopic (exact) mass is 1760 g/mol. The molecule has 0 spiro atoms. The Labute approximate surface area is 769 Å². The molecule has 3 heterocycles. The van der Waals surface area contributed by atoms with Crippen LogP contribution < -0.4 is 28.9 Å². The highest BCUT2D eigenvalue weighted by molar-refractivity contribution is 6.19. The summed E-state index contributed by atoms with van der Waals surface area (Å²) in [5.41, 5.74) is 25.5. The van der Waals surface area contributed by atoms with Crippen LogP contribution in [0.2, 0.25) is 0 Å². The molecule has 1 atom stereocenters. The van der Waals surface area contributed by atoms with Crippen molar-refractivity contribution in [1.82, 2.24) is 19.9 Å². The fourth-order valence-electron chi connectivity index (χ4n) is 18.4. The third-order valence-corrected chi connectivity index (χ3v) is 27.3. The second kappa shape index (κ2) is 42.7. The molecule has 0 radical (unpaired) electrons. The van der Waals surface area contributed by atoms with Crippen LogP contribution in [0.4, 0.5) is 40.3 Å². The van der Waals surface area contributed by atoms with Crippen molar-refractivity contribution in [1.29, 1.82) is 0 Å². The number of anilines is 6. The Morgan fingerprint density at radius 1 is 0.488 bits per heavy atom. The van der Waals surface area contributed by atoms with E-state index in [9.17, 15) is 14.4 Å². The summed E-state index contributed by atoms with van der Waals surface area (Å²) in [5, 5.41) is 27.1. The number of allylic oxidation sites excluding steroid dienone is 5. The molecule has 8 aromatic rings. The molecule has 1 unspecified atom stereocenters. The van der Waals surface area contributed by atoms with Crippen molar-refractivity contribution in [3.8, 4) is 17.2 Å². The Morgan fingerprint density at radius 2 is 0.876 bits per heavy atom. The van der Waals surface area contributed by atoms with E-state index in [0.29, 0.717) is 31.0 Å². The van der Waals surface area contributed by atoms with Gasteiger partial charge in [-0.05, 0) is 263 Å². The van der Waals surface area contributed by atoms with Gasteiger partial charge in [-0.1, -0.05) is 237 Å². The molecule has 19 nitrogen and oxygen atoms in total. The molecule has 13 rings (SSSR count). The van der Waals surface area contributed by atoms with Gasteiger partial charge in [0.15, 0.2) is 0 Å². The largest absolute Gasteiger partial charge is 0.493 e. The maximum absolute atomic E-state index is 11.2. The fraction of sp³-hybridized carbons (Fsp3) is 0.500. The number of carbonyl (C=O) groups excluding carboxylic acids is 2. The number of rotatable bonds is 27. The number of aryl methyl sites for hydroxylation is 1. The Bertz CT molecular complexity index is 5430. The molecule has 1 aliphatic heterocycles. The number of aliphatic imine (C=N–C) groups is 1. The van der Waals surface area contributed by atoms with Gasteiger partial charge < -0.3 is 44.2 Å². The number of fused-ring (bicyclic) bond motifs is 6. The van der Waals surface area contributed by atoms with E-state index in [-0.39, 0.29) is 60.6 Å². The average molecular weight is 1760 g/mol. The normalized spacial score (nSPS) is 17.2. The topological polar surface area (TPSA) is 247 Å². The molecule has 0 saturated heterocycles. The predicted octanol–water partition coefficient (Wildman–Crippen LogP) is 27.0. The molecule has 5 aliphatic rings. The highest BCUT2D eigenvalue weighted by atomic mass is 16.5. The number of unbranched alkanes of at least 4 members (excludes halogenated alkanes) is 5. The molecule has 0 bridgehead atoms. The number of carboxylic acid groups (broad SMARTS) is 3. The molecular formula is C110H146N8O11. The number of aliphatic carboxylic acids is 1. The van der Waals surface area contributed by atoms with Gasteiger partial charge in [-0.3, -0.25) is 0 Å². The summed E-state index contributed by atoms with van der Waals surface area (Å²) in [6.45, 7) is 54.4. The van der Waals surface area contributed by atoms with Crippen LogP contribution in [0.15, 0.2) is 162 Å². The lowest BCUT2D eigenvalue weighted by atomic mass is 9.62. The predicted molar refractivity (Wildman–Crippen MR) is 525 cm³/mol. The van der Waals surface area contributed by atoms with Crippen molar-refractivity contribution in [3.05, 3.63) is 235 Å². The number of carboxylic acids is 3. The quantitative estimate of drug-likeness (QED) is 0.0246. The number of hydrogen-bond acceptors (Lipinski definition) is 16. The molecule has 3 N–H and O–H groups in total. The summed E-state index contributed by atoms with van der Waals surface area (Å²) in [7, 11) is 5.99. The number of aromatic carboxylic acids is 2. The highest BCUT2D eigenvalue weighted by Crippen LogP contribution is 2.55. The van der Waals surface area contributed by atoms with Crippen molar-refractivity contribution >= 4 is 70.1 Å². The van der Waals surface area contributed by atoms with Crippen molar-refractivity contribution in [3.63, 3.8) is 0 Å². The number of aromatic nitrogens is 4. The van der Waals surface area contributed by atoms with E-state index in [1.54, 1.807) is 6.92 Å². The third kappa shape index (κ3) is 24.9. The molecule has 0 amide bonds. The van der Waals surface area contributed by atoms with Gasteiger partial charge in [0, 0.05) is 63.1 Å². The fourth-order valence-corrected chi connectivity index (χ4v) is 18.4. The molecule has 4 aliphatic carbocycles. The standard InChI is InChI=1S/C29H32N2.C29H42O3.C26H37N3O3.C25H35N3O3.CO2/c1-19-12-13-25-24(16-19)30-27(20-10-8-7-9-11-20)21-17-22-23(18-26(21)31(25)6)29(4,5)15-14-28(22,2)3;1-9-15-32-26-19-25-24(28(5,6)13-14-29(25,7)8)18-23(26)22(4)16-20(2)11-10-12-21(3)17-27(30)31;1-7-8-9-10-13-32-22-15-20-19(25(2,3)11-12-26(20,4)5)14-21(22)29(6)24-27-16-18(17-28-24)23(30)31;1-7-8-9-12-31-21-14-19-18(24(2,3)10-11-25(19,4)5)13-20(21)28(6)23-26-15-17(16-27-23)22(29)30;2-1-3/h7-13,16-18H,14-15H2,1-6H3;10-12,17-19,22H,9,13-16H2,1-8H3,(H,30,31);14-17H,7-13H2,1-6H3,(H,30,31);13-16H,7-12H2,1-6H3,(H,29,30);/b;12-10+,20-11-,21-17+;;;. The highest BCUT2D eigenvalue weighted by Gasteiger charge is 2.44. The Morgan fingerprint density at radius 3 is 1.29 bits per heavy atom. The molecule has 0 fully saturated rings. The summed E-state index contributed by atoms with van der Waals surface area (Å²) in [4.78, 5) is 77.9. The molecule has 19 heteroatoms. The molecule has 692 valence electrons. The van der Waals surface area contributed by atoms with Crippen LogP contribution in [0.25, 0.3) is 0 Å². The zero-order valence-electron chi connectivity index (χ0n) is 82.3. The maximum Gasteiger partial charge on any atom is 0.373 e. The number of hydrogen-bond donors (Lipinski definition) is 3. The zero-order chi connectivity index (χ0) is 95.1. The Balaban J connectivity index is 0.000000192. The van der Waals surface area contributed by atoms with Gasteiger partial charge in [-0.15, -0.1) is 0 Å². The summed E-state index contributed by atoms with van der Waals surface area (Å²) in [6.07, 6.45) is 31.8. The van der Waals surface area contributed by atoms with Gasteiger partial charge in [0.1, 0.15) is 17.2 Å². The van der Waals surface area contributed by atoms with Gasteiger partial charge in [0.2, 0.25) is 11.9 Å². The lowest BCUT2D eigenvalue weighted by Gasteiger charge is -2.43. The summed E-state index contributed by atoms with van der Waals surface area (Å²) in [6, 6.07) is 35.8. The van der Waals surface area contributed by atoms with E-state index in [2.05, 4.69) is 287 Å². The van der Waals surface area contributed by atoms with E-state index in [0.717, 1.165) is 129 Å². The summed E-state index contributed by atoms with van der Waals surface area (Å²) in [5.74, 6) is 0.920. The van der Waals surface area contributed by atoms with Gasteiger partial charge in [0.05, 0.1) is 65.1 Å². The van der Waals surface area contributed by atoms with Crippen LogP contribution in [0.5, 0.6) is 17.2 Å². The van der Waals surface area contributed by atoms with Gasteiger partial charge in [-0.25, -0.2) is 39.3 Å². The second-order valence-corrected chi connectivity index (χ2v) is 41.4. The van der Waals surface area contributed by atoms with Crippen LogP contribution in [0, 0.1) is 6.92 Å². The number of benzene rings is 6. The molecular weight excluding hydrogens is 1610 g/mol.